The van der Waals surface area contributed by atoms with Crippen molar-refractivity contribution in [2.75, 3.05) is 6.61 Å². The molecule has 1 fully saturated rings. The average molecular weight is 227 g/mol. The Balaban J connectivity index is 2.67. The lowest BCUT2D eigenvalue weighted by molar-refractivity contribution is -0.0252. The van der Waals surface area contributed by atoms with Crippen LogP contribution in [0.1, 0.15) is 33.6 Å². The summed E-state index contributed by atoms with van der Waals surface area (Å²) in [6.07, 6.45) is 1.94. The molecule has 3 nitrogen and oxygen atoms in total. The van der Waals surface area contributed by atoms with Gasteiger partial charge in [0.15, 0.2) is 0 Å². The molecule has 3 atom stereocenters. The molecular weight excluding hydrogens is 211 g/mol. The Labute approximate surface area is 84.1 Å². The minimum absolute atomic E-state index is 0.0580. The van der Waals surface area contributed by atoms with Gasteiger partial charge >= 0.3 is 6.95 Å². The number of halogens is 1. The van der Waals surface area contributed by atoms with Crippen LogP contribution < -0.4 is 0 Å². The number of hydrogen-bond acceptors (Lipinski definition) is 3. The third kappa shape index (κ3) is 2.69. The van der Waals surface area contributed by atoms with E-state index in [0.29, 0.717) is 6.61 Å². The van der Waals surface area contributed by atoms with Gasteiger partial charge in [-0.1, -0.05) is 20.3 Å². The van der Waals surface area contributed by atoms with E-state index in [1.54, 1.807) is 0 Å². The van der Waals surface area contributed by atoms with Gasteiger partial charge in [-0.25, -0.2) is 4.57 Å². The molecule has 1 saturated heterocycles. The topological polar surface area (TPSA) is 35.5 Å². The molecule has 0 aromatic rings. The third-order valence-electron chi connectivity index (χ3n) is 2.64. The van der Waals surface area contributed by atoms with Gasteiger partial charge in [0.1, 0.15) is 0 Å². The summed E-state index contributed by atoms with van der Waals surface area (Å²) in [5.74, 6) is 0. The Hall–Kier alpha value is 0.440. The van der Waals surface area contributed by atoms with Crippen molar-refractivity contribution in [3.8, 4) is 0 Å². The fourth-order valence-electron chi connectivity index (χ4n) is 1.53. The maximum atomic E-state index is 11.3. The van der Waals surface area contributed by atoms with E-state index in [9.17, 15) is 4.57 Å². The maximum absolute atomic E-state index is 11.3. The molecule has 1 heterocycles. The van der Waals surface area contributed by atoms with Crippen LogP contribution >= 0.6 is 18.2 Å². The number of hydrogen-bond donors (Lipinski definition) is 0. The fraction of sp³-hybridized carbons (Fsp3) is 1.00. The average Bonchev–Trinajstić information content (AvgIpc) is 1.99. The summed E-state index contributed by atoms with van der Waals surface area (Å²) in [7, 11) is 0. The van der Waals surface area contributed by atoms with E-state index in [4.69, 9.17) is 20.3 Å². The molecule has 1 aliphatic heterocycles. The van der Waals surface area contributed by atoms with Crippen LogP contribution in [0.2, 0.25) is 0 Å². The quantitative estimate of drug-likeness (QED) is 0.675. The molecule has 1 aliphatic rings. The van der Waals surface area contributed by atoms with Gasteiger partial charge in [0, 0.05) is 16.7 Å². The van der Waals surface area contributed by atoms with Crippen molar-refractivity contribution in [3.63, 3.8) is 0 Å². The van der Waals surface area contributed by atoms with Crippen LogP contribution in [0.3, 0.4) is 0 Å². The van der Waals surface area contributed by atoms with Crippen LogP contribution in [-0.4, -0.2) is 12.7 Å². The Morgan fingerprint density at radius 2 is 2.31 bits per heavy atom. The van der Waals surface area contributed by atoms with E-state index in [0.717, 1.165) is 12.8 Å². The molecule has 13 heavy (non-hydrogen) atoms. The van der Waals surface area contributed by atoms with Crippen molar-refractivity contribution in [1.82, 2.24) is 0 Å². The molecule has 5 heteroatoms. The monoisotopic (exact) mass is 226 g/mol. The summed E-state index contributed by atoms with van der Waals surface area (Å²) in [5.41, 5.74) is -0.0580. The molecule has 3 unspecified atom stereocenters. The minimum atomic E-state index is -3.27. The lowest BCUT2D eigenvalue weighted by atomic mass is 9.82. The van der Waals surface area contributed by atoms with Crippen molar-refractivity contribution in [2.45, 2.75) is 39.7 Å². The molecule has 1 rings (SSSR count). The first-order valence-corrected chi connectivity index (χ1v) is 6.97. The van der Waals surface area contributed by atoms with Crippen LogP contribution in [0.4, 0.5) is 0 Å². The van der Waals surface area contributed by atoms with Crippen LogP contribution in [0, 0.1) is 5.41 Å². The Morgan fingerprint density at radius 1 is 1.69 bits per heavy atom. The highest BCUT2D eigenvalue weighted by Crippen LogP contribution is 2.60. The second-order valence-electron chi connectivity index (χ2n) is 3.86. The molecule has 0 saturated carbocycles. The zero-order chi connectivity index (χ0) is 10.1. The van der Waals surface area contributed by atoms with Gasteiger partial charge in [0.05, 0.1) is 12.7 Å². The highest BCUT2D eigenvalue weighted by molar-refractivity contribution is 7.81. The van der Waals surface area contributed by atoms with E-state index in [1.807, 2.05) is 6.92 Å². The summed E-state index contributed by atoms with van der Waals surface area (Å²) < 4.78 is 21.4. The minimum Gasteiger partial charge on any atom is -0.296 e. The van der Waals surface area contributed by atoms with Crippen molar-refractivity contribution < 1.29 is 13.6 Å². The second-order valence-corrected chi connectivity index (χ2v) is 6.43. The Morgan fingerprint density at radius 3 is 2.77 bits per heavy atom. The molecule has 0 aliphatic carbocycles. The molecule has 0 amide bonds. The van der Waals surface area contributed by atoms with Gasteiger partial charge < -0.3 is 0 Å². The first-order chi connectivity index (χ1) is 5.90. The van der Waals surface area contributed by atoms with Crippen LogP contribution in [0.5, 0.6) is 0 Å². The van der Waals surface area contributed by atoms with Crippen LogP contribution in [-0.2, 0) is 13.6 Å². The molecule has 0 N–H and O–H groups in total. The van der Waals surface area contributed by atoms with Gasteiger partial charge in [0.2, 0.25) is 0 Å². The van der Waals surface area contributed by atoms with Crippen LogP contribution in [0.15, 0.2) is 0 Å². The summed E-state index contributed by atoms with van der Waals surface area (Å²) in [6.45, 7) is 3.21. The highest BCUT2D eigenvalue weighted by atomic mass is 35.7. The van der Waals surface area contributed by atoms with Gasteiger partial charge in [-0.05, 0) is 13.3 Å². The molecule has 78 valence electrons. The SMILES string of the molecule is CCCC1(C)COP(=O)(Cl)OC1C. The maximum Gasteiger partial charge on any atom is 0.424 e. The van der Waals surface area contributed by atoms with E-state index >= 15 is 0 Å². The van der Waals surface area contributed by atoms with E-state index < -0.39 is 6.95 Å². The standard InChI is InChI=1S/C8H16ClO3P/c1-4-5-8(3)6-11-13(9,10)12-7(8)2/h7H,4-6H2,1-3H3. The van der Waals surface area contributed by atoms with Crippen LogP contribution in [0.25, 0.3) is 0 Å². The molecule has 0 aromatic heterocycles. The molecule has 0 aromatic carbocycles. The normalized spacial score (nSPS) is 46.3. The third-order valence-corrected chi connectivity index (χ3v) is 4.17. The summed E-state index contributed by atoms with van der Waals surface area (Å²) in [4.78, 5) is 0. The zero-order valence-electron chi connectivity index (χ0n) is 8.25. The Kier molecular flexibility index (Phi) is 3.45. The van der Waals surface area contributed by atoms with Gasteiger partial charge in [-0.15, -0.1) is 0 Å². The van der Waals surface area contributed by atoms with Crippen molar-refractivity contribution in [2.24, 2.45) is 5.41 Å². The number of rotatable bonds is 2. The van der Waals surface area contributed by atoms with Crippen molar-refractivity contribution in [3.05, 3.63) is 0 Å². The lowest BCUT2D eigenvalue weighted by Gasteiger charge is -2.40. The second kappa shape index (κ2) is 3.90. The van der Waals surface area contributed by atoms with E-state index in [-0.39, 0.29) is 11.5 Å². The fourth-order valence-corrected chi connectivity index (χ4v) is 3.18. The first-order valence-electron chi connectivity index (χ1n) is 4.52. The lowest BCUT2D eigenvalue weighted by Crippen LogP contribution is -2.39. The predicted octanol–water partition coefficient (Wildman–Crippen LogP) is 3.58. The van der Waals surface area contributed by atoms with Gasteiger partial charge in [0.25, 0.3) is 0 Å². The smallest absolute Gasteiger partial charge is 0.296 e. The highest BCUT2D eigenvalue weighted by Gasteiger charge is 2.43. The molecule has 0 bridgehead atoms. The summed E-state index contributed by atoms with van der Waals surface area (Å²) in [5, 5.41) is 0. The largest absolute Gasteiger partial charge is 0.424 e. The van der Waals surface area contributed by atoms with E-state index in [1.165, 1.54) is 0 Å². The molecular formula is C8H16ClO3P. The van der Waals surface area contributed by atoms with Crippen molar-refractivity contribution >= 4 is 18.2 Å². The molecule has 0 radical (unpaired) electrons. The summed E-state index contributed by atoms with van der Waals surface area (Å²) in [6, 6.07) is 0. The molecule has 0 spiro atoms. The van der Waals surface area contributed by atoms with Crippen molar-refractivity contribution in [1.29, 1.82) is 0 Å². The summed E-state index contributed by atoms with van der Waals surface area (Å²) >= 11 is 5.51. The zero-order valence-corrected chi connectivity index (χ0v) is 9.90. The van der Waals surface area contributed by atoms with Gasteiger partial charge in [-0.3, -0.25) is 9.05 Å². The Bertz CT molecular complexity index is 233. The first kappa shape index (κ1) is 11.5. The predicted molar refractivity (Wildman–Crippen MR) is 53.0 cm³/mol. The van der Waals surface area contributed by atoms with Gasteiger partial charge in [-0.2, -0.15) is 0 Å². The van der Waals surface area contributed by atoms with E-state index in [2.05, 4.69) is 13.8 Å².